The summed E-state index contributed by atoms with van der Waals surface area (Å²) in [5.41, 5.74) is 0. The van der Waals surface area contributed by atoms with Crippen LogP contribution in [0.3, 0.4) is 0 Å². The Labute approximate surface area is 45.5 Å². The summed E-state index contributed by atoms with van der Waals surface area (Å²) in [6.07, 6.45) is 0. The van der Waals surface area contributed by atoms with Crippen LogP contribution in [-0.2, 0) is 0 Å². The standard InChI is InChI=1S/C3H7O.Sn.H/c1-3(2)4;;/h4H,1-2H3;;. The van der Waals surface area contributed by atoms with E-state index in [-0.39, 0.29) is 3.62 Å². The van der Waals surface area contributed by atoms with E-state index in [9.17, 15) is 0 Å². The van der Waals surface area contributed by atoms with E-state index in [1.807, 2.05) is 0 Å². The molecule has 1 nitrogen and oxygen atoms in total. The summed E-state index contributed by atoms with van der Waals surface area (Å²) in [6, 6.07) is 0. The van der Waals surface area contributed by atoms with Gasteiger partial charge in [0.1, 0.15) is 0 Å². The zero-order valence-electron chi connectivity index (χ0n) is 3.52. The summed E-state index contributed by atoms with van der Waals surface area (Å²) in [5, 5.41) is 8.58. The van der Waals surface area contributed by atoms with Crippen LogP contribution in [0.15, 0.2) is 0 Å². The zero-order valence-corrected chi connectivity index (χ0v) is 6.82. The maximum atomic E-state index is 8.58. The van der Waals surface area contributed by atoms with Crippen molar-refractivity contribution in [2.24, 2.45) is 0 Å². The minimum absolute atomic E-state index is 0.370. The number of hydrogen-bond donors (Lipinski definition) is 1. The molecular formula is C3H8OSn. The molecule has 1 N–H and O–H groups in total. The van der Waals surface area contributed by atoms with Crippen molar-refractivity contribution in [1.82, 2.24) is 0 Å². The Hall–Kier alpha value is 0.759. The van der Waals surface area contributed by atoms with Crippen molar-refractivity contribution in [3.05, 3.63) is 0 Å². The van der Waals surface area contributed by atoms with Crippen LogP contribution < -0.4 is 0 Å². The van der Waals surface area contributed by atoms with Gasteiger partial charge in [-0.25, -0.2) is 0 Å². The van der Waals surface area contributed by atoms with E-state index in [1.54, 1.807) is 13.8 Å². The van der Waals surface area contributed by atoms with Crippen LogP contribution in [0.5, 0.6) is 0 Å². The van der Waals surface area contributed by atoms with Crippen molar-refractivity contribution in [3.63, 3.8) is 0 Å². The van der Waals surface area contributed by atoms with E-state index < -0.39 is 0 Å². The molecule has 0 spiro atoms. The van der Waals surface area contributed by atoms with Crippen LogP contribution in [0, 0.1) is 0 Å². The molecule has 0 fully saturated rings. The van der Waals surface area contributed by atoms with Gasteiger partial charge >= 0.3 is 45.1 Å². The molecule has 0 aromatic heterocycles. The molecule has 0 heterocycles. The summed E-state index contributed by atoms with van der Waals surface area (Å²) in [5.74, 6) is 0. The summed E-state index contributed by atoms with van der Waals surface area (Å²) in [7, 11) is 0. The third-order valence-electron chi connectivity index (χ3n) is 0. The summed E-state index contributed by atoms with van der Waals surface area (Å²) in [6.45, 7) is 3.60. The van der Waals surface area contributed by atoms with Gasteiger partial charge in [-0.3, -0.25) is 0 Å². The Bertz CT molecular complexity index is 22.4. The Morgan fingerprint density at radius 1 is 1.60 bits per heavy atom. The first-order valence-electron chi connectivity index (χ1n) is 1.51. The number of hydrogen-bond acceptors (Lipinski definition) is 1. The van der Waals surface area contributed by atoms with Gasteiger partial charge in [0.15, 0.2) is 0 Å². The molecule has 2 radical (unpaired) electrons. The quantitative estimate of drug-likeness (QED) is 0.502. The number of rotatable bonds is 0. The predicted octanol–water partition coefficient (Wildman–Crippen LogP) is -0.384. The monoisotopic (exact) mass is 180 g/mol. The van der Waals surface area contributed by atoms with Crippen molar-refractivity contribution in [3.8, 4) is 0 Å². The van der Waals surface area contributed by atoms with Gasteiger partial charge in [-0.05, 0) is 0 Å². The van der Waals surface area contributed by atoms with Gasteiger partial charge in [0.2, 0.25) is 0 Å². The van der Waals surface area contributed by atoms with Gasteiger partial charge in [-0.15, -0.1) is 0 Å². The molecule has 0 bridgehead atoms. The van der Waals surface area contributed by atoms with Crippen LogP contribution >= 0.6 is 0 Å². The van der Waals surface area contributed by atoms with E-state index in [4.69, 9.17) is 5.11 Å². The van der Waals surface area contributed by atoms with E-state index >= 15 is 0 Å². The molecule has 0 rings (SSSR count). The van der Waals surface area contributed by atoms with Crippen molar-refractivity contribution in [2.45, 2.75) is 17.5 Å². The van der Waals surface area contributed by atoms with Crippen molar-refractivity contribution in [1.29, 1.82) is 0 Å². The van der Waals surface area contributed by atoms with Gasteiger partial charge < -0.3 is 0 Å². The van der Waals surface area contributed by atoms with E-state index in [2.05, 4.69) is 0 Å². The van der Waals surface area contributed by atoms with Crippen LogP contribution in [0.25, 0.3) is 0 Å². The van der Waals surface area contributed by atoms with Crippen LogP contribution in [-0.4, -0.2) is 31.2 Å². The Morgan fingerprint density at radius 3 is 1.60 bits per heavy atom. The van der Waals surface area contributed by atoms with Crippen LogP contribution in [0.4, 0.5) is 0 Å². The van der Waals surface area contributed by atoms with Gasteiger partial charge in [0, 0.05) is 0 Å². The second-order valence-corrected chi connectivity index (χ2v) is 5.69. The first-order chi connectivity index (χ1) is 2.00. The molecule has 0 unspecified atom stereocenters. The van der Waals surface area contributed by atoms with E-state index in [1.165, 1.54) is 0 Å². The second-order valence-electron chi connectivity index (χ2n) is 1.65. The average Bonchev–Trinajstić information content (AvgIpc) is 0.722. The third-order valence-corrected chi connectivity index (χ3v) is 0. The molecule has 0 saturated carbocycles. The Kier molecular flexibility index (Phi) is 1.70. The molecule has 0 amide bonds. The predicted molar refractivity (Wildman–Crippen MR) is 23.4 cm³/mol. The molecule has 0 atom stereocenters. The van der Waals surface area contributed by atoms with Gasteiger partial charge in [0.25, 0.3) is 0 Å². The van der Waals surface area contributed by atoms with Gasteiger partial charge in [-0.1, -0.05) is 0 Å². The SMILES string of the molecule is C[C](C)(O)[SnH]. The first-order valence-corrected chi connectivity index (χ1v) is 3.16. The third kappa shape index (κ3) is 62.9. The topological polar surface area (TPSA) is 20.2 Å². The number of aliphatic hydroxyl groups is 1. The fourth-order valence-corrected chi connectivity index (χ4v) is 0. The molecule has 30 valence electrons. The normalized spacial score (nSPS) is 12.0. The summed E-state index contributed by atoms with van der Waals surface area (Å²) < 4.78 is -0.370. The van der Waals surface area contributed by atoms with E-state index in [0.29, 0.717) is 0 Å². The van der Waals surface area contributed by atoms with Crippen molar-refractivity contribution in [2.75, 3.05) is 0 Å². The molecule has 0 aliphatic carbocycles. The van der Waals surface area contributed by atoms with Crippen molar-refractivity contribution < 1.29 is 5.11 Å². The summed E-state index contributed by atoms with van der Waals surface area (Å²) in [4.78, 5) is 0. The fourth-order valence-electron chi connectivity index (χ4n) is 0. The van der Waals surface area contributed by atoms with E-state index in [0.717, 1.165) is 22.5 Å². The maximum absolute atomic E-state index is 8.58. The zero-order chi connectivity index (χ0) is 4.50. The average molecular weight is 179 g/mol. The summed E-state index contributed by atoms with van der Waals surface area (Å²) >= 11 is 0.920. The first kappa shape index (κ1) is 5.76. The second kappa shape index (κ2) is 1.47. The molecule has 0 saturated heterocycles. The van der Waals surface area contributed by atoms with Crippen LogP contribution in [0.2, 0.25) is 0 Å². The fraction of sp³-hybridized carbons (Fsp3) is 1.00. The molecule has 2 heteroatoms. The molecular weight excluding hydrogens is 171 g/mol. The Morgan fingerprint density at radius 2 is 1.60 bits per heavy atom. The van der Waals surface area contributed by atoms with Crippen LogP contribution in [0.1, 0.15) is 13.8 Å². The van der Waals surface area contributed by atoms with Gasteiger partial charge in [-0.2, -0.15) is 0 Å². The molecule has 0 aromatic rings. The molecule has 0 aliphatic rings. The molecule has 0 aliphatic heterocycles. The molecule has 5 heavy (non-hydrogen) atoms. The molecule has 0 aromatic carbocycles. The minimum atomic E-state index is -0.370. The van der Waals surface area contributed by atoms with Crippen molar-refractivity contribution >= 4 is 22.5 Å². The Balaban J connectivity index is 3.02. The van der Waals surface area contributed by atoms with Gasteiger partial charge in [0.05, 0.1) is 0 Å².